The number of imidazole rings is 1. The van der Waals surface area contributed by atoms with Crippen molar-refractivity contribution < 1.29 is 0 Å². The van der Waals surface area contributed by atoms with Gasteiger partial charge in [0.05, 0.1) is 16.7 Å². The summed E-state index contributed by atoms with van der Waals surface area (Å²) in [6.07, 6.45) is 0. The fourth-order valence-corrected chi connectivity index (χ4v) is 3.41. The summed E-state index contributed by atoms with van der Waals surface area (Å²) in [4.78, 5) is 4.84. The van der Waals surface area contributed by atoms with Crippen molar-refractivity contribution in [1.82, 2.24) is 9.55 Å². The second kappa shape index (κ2) is 6.05. The van der Waals surface area contributed by atoms with Crippen LogP contribution in [0.5, 0.6) is 0 Å². The van der Waals surface area contributed by atoms with Gasteiger partial charge in [-0.15, -0.1) is 0 Å². The lowest BCUT2D eigenvalue weighted by Crippen LogP contribution is -2.02. The Labute approximate surface area is 151 Å². The van der Waals surface area contributed by atoms with Crippen LogP contribution < -0.4 is 5.32 Å². The first-order valence-electron chi connectivity index (χ1n) is 8.68. The Hall–Kier alpha value is -3.59. The normalized spacial score (nSPS) is 11.1. The third-order valence-corrected chi connectivity index (χ3v) is 4.60. The monoisotopic (exact) mass is 335 g/mol. The first-order chi connectivity index (χ1) is 12.9. The zero-order valence-corrected chi connectivity index (χ0v) is 14.1. The van der Waals surface area contributed by atoms with E-state index < -0.39 is 0 Å². The van der Waals surface area contributed by atoms with Gasteiger partial charge in [-0.05, 0) is 35.7 Å². The Morgan fingerprint density at radius 3 is 2.31 bits per heavy atom. The first-order valence-corrected chi connectivity index (χ1v) is 8.68. The van der Waals surface area contributed by atoms with Crippen molar-refractivity contribution in [2.45, 2.75) is 0 Å². The molecule has 5 aromatic rings. The van der Waals surface area contributed by atoms with Crippen LogP contribution >= 0.6 is 0 Å². The molecule has 0 radical (unpaired) electrons. The lowest BCUT2D eigenvalue weighted by Gasteiger charge is -2.13. The molecule has 0 amide bonds. The Bertz CT molecular complexity index is 1200. The van der Waals surface area contributed by atoms with Crippen LogP contribution in [-0.2, 0) is 0 Å². The number of para-hydroxylation sites is 3. The van der Waals surface area contributed by atoms with Gasteiger partial charge in [0, 0.05) is 11.1 Å². The molecule has 124 valence electrons. The topological polar surface area (TPSA) is 29.9 Å². The maximum Gasteiger partial charge on any atom is 0.213 e. The summed E-state index contributed by atoms with van der Waals surface area (Å²) in [5.74, 6) is 0.814. The molecule has 26 heavy (non-hydrogen) atoms. The van der Waals surface area contributed by atoms with Crippen LogP contribution in [0.3, 0.4) is 0 Å². The van der Waals surface area contributed by atoms with Gasteiger partial charge in [-0.3, -0.25) is 4.57 Å². The minimum absolute atomic E-state index is 0.814. The van der Waals surface area contributed by atoms with Gasteiger partial charge in [0.2, 0.25) is 5.95 Å². The van der Waals surface area contributed by atoms with Gasteiger partial charge in [-0.2, -0.15) is 0 Å². The van der Waals surface area contributed by atoms with Gasteiger partial charge >= 0.3 is 0 Å². The van der Waals surface area contributed by atoms with E-state index in [2.05, 4.69) is 64.5 Å². The van der Waals surface area contributed by atoms with Crippen LogP contribution in [0.2, 0.25) is 0 Å². The highest BCUT2D eigenvalue weighted by molar-refractivity contribution is 5.93. The van der Waals surface area contributed by atoms with Crippen LogP contribution in [0.15, 0.2) is 97.1 Å². The number of hydrogen-bond donors (Lipinski definition) is 1. The van der Waals surface area contributed by atoms with Crippen LogP contribution in [0, 0.1) is 0 Å². The van der Waals surface area contributed by atoms with Crippen molar-refractivity contribution >= 4 is 33.4 Å². The van der Waals surface area contributed by atoms with Crippen molar-refractivity contribution in [2.75, 3.05) is 5.32 Å². The molecule has 1 aromatic heterocycles. The molecule has 0 aliphatic carbocycles. The molecule has 3 nitrogen and oxygen atoms in total. The van der Waals surface area contributed by atoms with E-state index in [1.807, 2.05) is 42.5 Å². The number of aromatic nitrogens is 2. The van der Waals surface area contributed by atoms with Crippen LogP contribution in [-0.4, -0.2) is 9.55 Å². The molecule has 1 heterocycles. The molecule has 0 aliphatic rings. The molecule has 3 heteroatoms. The number of hydrogen-bond acceptors (Lipinski definition) is 2. The molecular weight excluding hydrogens is 318 g/mol. The Kier molecular flexibility index (Phi) is 3.42. The van der Waals surface area contributed by atoms with Crippen molar-refractivity contribution in [3.8, 4) is 5.69 Å². The largest absolute Gasteiger partial charge is 0.325 e. The van der Waals surface area contributed by atoms with Gasteiger partial charge in [-0.25, -0.2) is 4.98 Å². The Morgan fingerprint density at radius 2 is 1.38 bits per heavy atom. The SMILES string of the molecule is c1ccc(Nc2nc3ccccc3n2-c2cccc3ccccc23)cc1. The molecule has 1 N–H and O–H groups in total. The molecular formula is C23H17N3. The lowest BCUT2D eigenvalue weighted by molar-refractivity contribution is 1.11. The quantitative estimate of drug-likeness (QED) is 0.443. The summed E-state index contributed by atoms with van der Waals surface area (Å²) in [6.45, 7) is 0. The second-order valence-corrected chi connectivity index (χ2v) is 6.25. The third-order valence-electron chi connectivity index (χ3n) is 4.60. The maximum absolute atomic E-state index is 4.84. The van der Waals surface area contributed by atoms with Crippen molar-refractivity contribution in [1.29, 1.82) is 0 Å². The van der Waals surface area contributed by atoms with Gasteiger partial charge in [0.1, 0.15) is 0 Å². The van der Waals surface area contributed by atoms with Gasteiger partial charge in [0.15, 0.2) is 0 Å². The summed E-state index contributed by atoms with van der Waals surface area (Å²) in [5.41, 5.74) is 4.20. The highest BCUT2D eigenvalue weighted by atomic mass is 15.2. The standard InChI is InChI=1S/C23H17N3/c1-2-11-18(12-3-1)24-23-25-20-14-6-7-15-22(20)26(23)21-16-8-10-17-9-4-5-13-19(17)21/h1-16H,(H,24,25). The second-order valence-electron chi connectivity index (χ2n) is 6.25. The zero-order chi connectivity index (χ0) is 17.3. The number of nitrogens with zero attached hydrogens (tertiary/aromatic N) is 2. The third kappa shape index (κ3) is 2.42. The molecule has 0 saturated heterocycles. The number of anilines is 2. The molecule has 5 rings (SSSR count). The average molecular weight is 335 g/mol. The average Bonchev–Trinajstić information content (AvgIpc) is 3.06. The number of rotatable bonds is 3. The minimum Gasteiger partial charge on any atom is -0.325 e. The van der Waals surface area contributed by atoms with E-state index in [9.17, 15) is 0 Å². The smallest absolute Gasteiger partial charge is 0.213 e. The lowest BCUT2D eigenvalue weighted by atomic mass is 10.1. The molecule has 0 saturated carbocycles. The predicted molar refractivity (Wildman–Crippen MR) is 108 cm³/mol. The fraction of sp³-hybridized carbons (Fsp3) is 0. The summed E-state index contributed by atoms with van der Waals surface area (Å²) in [5, 5.41) is 5.90. The van der Waals surface area contributed by atoms with E-state index in [1.54, 1.807) is 0 Å². The molecule has 0 spiro atoms. The first kappa shape index (κ1) is 14.7. The van der Waals surface area contributed by atoms with E-state index in [4.69, 9.17) is 4.98 Å². The molecule has 0 aliphatic heterocycles. The van der Waals surface area contributed by atoms with E-state index in [-0.39, 0.29) is 0 Å². The Balaban J connectivity index is 1.79. The molecule has 0 bridgehead atoms. The van der Waals surface area contributed by atoms with Crippen LogP contribution in [0.25, 0.3) is 27.5 Å². The van der Waals surface area contributed by atoms with Gasteiger partial charge < -0.3 is 5.32 Å². The summed E-state index contributed by atoms with van der Waals surface area (Å²) < 4.78 is 2.20. The maximum atomic E-state index is 4.84. The minimum atomic E-state index is 0.814. The highest BCUT2D eigenvalue weighted by Gasteiger charge is 2.14. The summed E-state index contributed by atoms with van der Waals surface area (Å²) >= 11 is 0. The summed E-state index contributed by atoms with van der Waals surface area (Å²) in [7, 11) is 0. The van der Waals surface area contributed by atoms with E-state index in [1.165, 1.54) is 10.8 Å². The highest BCUT2D eigenvalue weighted by Crippen LogP contribution is 2.31. The van der Waals surface area contributed by atoms with Crippen LogP contribution in [0.4, 0.5) is 11.6 Å². The van der Waals surface area contributed by atoms with Crippen molar-refractivity contribution in [2.24, 2.45) is 0 Å². The van der Waals surface area contributed by atoms with Crippen LogP contribution in [0.1, 0.15) is 0 Å². The van der Waals surface area contributed by atoms with E-state index >= 15 is 0 Å². The predicted octanol–water partition coefficient (Wildman–Crippen LogP) is 5.92. The molecule has 0 unspecified atom stereocenters. The molecule has 0 fully saturated rings. The van der Waals surface area contributed by atoms with Crippen molar-refractivity contribution in [3.05, 3.63) is 97.1 Å². The van der Waals surface area contributed by atoms with Gasteiger partial charge in [0.25, 0.3) is 0 Å². The number of benzene rings is 4. The summed E-state index contributed by atoms with van der Waals surface area (Å²) in [6, 6.07) is 33.2. The van der Waals surface area contributed by atoms with Gasteiger partial charge in [-0.1, -0.05) is 66.7 Å². The van der Waals surface area contributed by atoms with E-state index in [0.29, 0.717) is 0 Å². The molecule has 4 aromatic carbocycles. The number of nitrogens with one attached hydrogen (secondary N) is 1. The zero-order valence-electron chi connectivity index (χ0n) is 14.1. The Morgan fingerprint density at radius 1 is 0.654 bits per heavy atom. The van der Waals surface area contributed by atoms with Crippen molar-refractivity contribution in [3.63, 3.8) is 0 Å². The number of fused-ring (bicyclic) bond motifs is 2. The fourth-order valence-electron chi connectivity index (χ4n) is 3.41. The molecule has 0 atom stereocenters. The van der Waals surface area contributed by atoms with E-state index in [0.717, 1.165) is 28.4 Å².